The molecule has 0 saturated heterocycles. The molecule has 0 aromatic heterocycles. The first-order valence-electron chi connectivity index (χ1n) is 5.00. The molecule has 0 amide bonds. The van der Waals surface area contributed by atoms with Crippen molar-refractivity contribution in [3.05, 3.63) is 11.6 Å². The first-order chi connectivity index (χ1) is 7.04. The summed E-state index contributed by atoms with van der Waals surface area (Å²) in [5.41, 5.74) is 1.11. The second-order valence-corrected chi connectivity index (χ2v) is 4.88. The number of hydrogen-bond donors (Lipinski definition) is 0. The zero-order chi connectivity index (χ0) is 11.8. The van der Waals surface area contributed by atoms with Gasteiger partial charge in [0.1, 0.15) is 0 Å². The maximum absolute atomic E-state index is 11.5. The number of allylic oxidation sites excluding steroid dienone is 1. The maximum atomic E-state index is 11.5. The fraction of sp³-hybridized carbons (Fsp3) is 0.700. The molecular formula is C10H20O4Si. The van der Waals surface area contributed by atoms with Crippen LogP contribution >= 0.6 is 0 Å². The van der Waals surface area contributed by atoms with Crippen LogP contribution in [0.25, 0.3) is 0 Å². The Hall–Kier alpha value is -0.653. The zero-order valence-electron chi connectivity index (χ0n) is 10.1. The lowest BCUT2D eigenvalue weighted by Gasteiger charge is -2.14. The molecule has 0 saturated carbocycles. The van der Waals surface area contributed by atoms with Crippen molar-refractivity contribution in [1.82, 2.24) is 0 Å². The van der Waals surface area contributed by atoms with Crippen molar-refractivity contribution in [2.45, 2.75) is 32.3 Å². The minimum absolute atomic E-state index is 0.391. The van der Waals surface area contributed by atoms with Crippen molar-refractivity contribution in [2.75, 3.05) is 14.2 Å². The standard InChI is InChI=1S/C10H20O4Si/c1-5-8(15)6-7(2)9(11)14-10(12-3)13-4/h6,8,10H,5H2,1-4,15H3. The molecule has 0 aliphatic carbocycles. The third-order valence-corrected chi connectivity index (χ3v) is 3.24. The highest BCUT2D eigenvalue weighted by molar-refractivity contribution is 6.13. The Kier molecular flexibility index (Phi) is 7.28. The smallest absolute Gasteiger partial charge is 0.337 e. The summed E-state index contributed by atoms with van der Waals surface area (Å²) in [6.07, 6.45) is 2.99. The minimum atomic E-state index is -0.921. The van der Waals surface area contributed by atoms with Crippen molar-refractivity contribution in [3.8, 4) is 0 Å². The monoisotopic (exact) mass is 232 g/mol. The third-order valence-electron chi connectivity index (χ3n) is 2.09. The Morgan fingerprint density at radius 3 is 2.33 bits per heavy atom. The quantitative estimate of drug-likeness (QED) is 0.291. The van der Waals surface area contributed by atoms with E-state index in [2.05, 4.69) is 6.92 Å². The first kappa shape index (κ1) is 14.3. The van der Waals surface area contributed by atoms with Gasteiger partial charge in [0, 0.05) is 30.0 Å². The van der Waals surface area contributed by atoms with Crippen LogP contribution in [0, 0.1) is 0 Å². The number of rotatable bonds is 6. The molecule has 1 unspecified atom stereocenters. The van der Waals surface area contributed by atoms with Crippen LogP contribution in [0.3, 0.4) is 0 Å². The number of hydrogen-bond acceptors (Lipinski definition) is 4. The highest BCUT2D eigenvalue weighted by atomic mass is 28.1. The molecule has 0 N–H and O–H groups in total. The van der Waals surface area contributed by atoms with Gasteiger partial charge in [-0.1, -0.05) is 19.4 Å². The van der Waals surface area contributed by atoms with Gasteiger partial charge in [-0.2, -0.15) is 0 Å². The van der Waals surface area contributed by atoms with E-state index >= 15 is 0 Å². The van der Waals surface area contributed by atoms with E-state index in [0.717, 1.165) is 16.7 Å². The molecular weight excluding hydrogens is 212 g/mol. The summed E-state index contributed by atoms with van der Waals surface area (Å²) in [6, 6.07) is 0. The van der Waals surface area contributed by atoms with Gasteiger partial charge in [0.2, 0.25) is 0 Å². The van der Waals surface area contributed by atoms with E-state index in [1.165, 1.54) is 14.2 Å². The summed E-state index contributed by atoms with van der Waals surface area (Å²) in [5, 5.41) is 0. The molecule has 4 nitrogen and oxygen atoms in total. The van der Waals surface area contributed by atoms with Crippen LogP contribution < -0.4 is 0 Å². The molecule has 0 heterocycles. The van der Waals surface area contributed by atoms with E-state index in [1.807, 2.05) is 6.08 Å². The van der Waals surface area contributed by atoms with Crippen LogP contribution in [0.15, 0.2) is 11.6 Å². The van der Waals surface area contributed by atoms with Crippen molar-refractivity contribution < 1.29 is 19.0 Å². The van der Waals surface area contributed by atoms with E-state index in [4.69, 9.17) is 14.2 Å². The van der Waals surface area contributed by atoms with Crippen molar-refractivity contribution in [1.29, 1.82) is 0 Å². The second kappa shape index (κ2) is 7.61. The van der Waals surface area contributed by atoms with Gasteiger partial charge in [0.15, 0.2) is 0 Å². The fourth-order valence-electron chi connectivity index (χ4n) is 0.985. The topological polar surface area (TPSA) is 44.8 Å². The molecule has 0 aliphatic rings. The molecule has 0 spiro atoms. The maximum Gasteiger partial charge on any atom is 0.337 e. The number of carbonyl (C=O) groups is 1. The summed E-state index contributed by atoms with van der Waals surface area (Å²) in [5.74, 6) is -0.391. The van der Waals surface area contributed by atoms with Gasteiger partial charge in [0.05, 0.1) is 0 Å². The second-order valence-electron chi connectivity index (χ2n) is 3.40. The van der Waals surface area contributed by atoms with Gasteiger partial charge in [-0.25, -0.2) is 4.79 Å². The Labute approximate surface area is 94.0 Å². The lowest BCUT2D eigenvalue weighted by atomic mass is 10.2. The van der Waals surface area contributed by atoms with E-state index in [1.54, 1.807) is 6.92 Å². The first-order valence-corrected chi connectivity index (χ1v) is 6.15. The highest BCUT2D eigenvalue weighted by Gasteiger charge is 2.14. The molecule has 1 atom stereocenters. The lowest BCUT2D eigenvalue weighted by Crippen LogP contribution is -2.22. The minimum Gasteiger partial charge on any atom is -0.407 e. The van der Waals surface area contributed by atoms with Gasteiger partial charge in [-0.15, -0.1) is 0 Å². The molecule has 0 fully saturated rings. The predicted octanol–water partition coefficient (Wildman–Crippen LogP) is 0.616. The molecule has 88 valence electrons. The largest absolute Gasteiger partial charge is 0.407 e. The highest BCUT2D eigenvalue weighted by Crippen LogP contribution is 2.11. The molecule has 0 aliphatic heterocycles. The number of methoxy groups -OCH3 is 2. The average molecular weight is 232 g/mol. The van der Waals surface area contributed by atoms with E-state index in [0.29, 0.717) is 11.1 Å². The van der Waals surface area contributed by atoms with Crippen molar-refractivity contribution in [3.63, 3.8) is 0 Å². The molecule has 0 radical (unpaired) electrons. The van der Waals surface area contributed by atoms with E-state index in [-0.39, 0.29) is 0 Å². The van der Waals surface area contributed by atoms with Gasteiger partial charge in [-0.3, -0.25) is 0 Å². The molecule has 0 aromatic rings. The number of ether oxygens (including phenoxy) is 3. The summed E-state index contributed by atoms with van der Waals surface area (Å²) in [6.45, 7) is 2.92. The van der Waals surface area contributed by atoms with E-state index in [9.17, 15) is 4.79 Å². The van der Waals surface area contributed by atoms with Gasteiger partial charge < -0.3 is 14.2 Å². The van der Waals surface area contributed by atoms with Crippen molar-refractivity contribution in [2.24, 2.45) is 0 Å². The van der Waals surface area contributed by atoms with Crippen LogP contribution in [0.5, 0.6) is 0 Å². The van der Waals surface area contributed by atoms with Crippen LogP contribution in [-0.4, -0.2) is 36.9 Å². The number of carbonyl (C=O) groups excluding carboxylic acids is 1. The van der Waals surface area contributed by atoms with Gasteiger partial charge in [0.25, 0.3) is 0 Å². The average Bonchev–Trinajstić information content (AvgIpc) is 2.24. The Balaban J connectivity index is 4.26. The summed E-state index contributed by atoms with van der Waals surface area (Å²) in [7, 11) is 3.87. The molecule has 0 rings (SSSR count). The van der Waals surface area contributed by atoms with Crippen molar-refractivity contribution >= 4 is 16.2 Å². The fourth-order valence-corrected chi connectivity index (χ4v) is 1.49. The summed E-state index contributed by atoms with van der Waals surface area (Å²) >= 11 is 0. The Bertz CT molecular complexity index is 223. The van der Waals surface area contributed by atoms with Crippen LogP contribution in [-0.2, 0) is 19.0 Å². The molecule has 5 heteroatoms. The van der Waals surface area contributed by atoms with Crippen LogP contribution in [0.1, 0.15) is 20.3 Å². The molecule has 15 heavy (non-hydrogen) atoms. The predicted molar refractivity (Wildman–Crippen MR) is 61.6 cm³/mol. The third kappa shape index (κ3) is 5.71. The summed E-state index contributed by atoms with van der Waals surface area (Å²) < 4.78 is 14.5. The van der Waals surface area contributed by atoms with Gasteiger partial charge >= 0.3 is 12.4 Å². The SMILES string of the molecule is CCC([SiH3])C=C(C)C(=O)OC(OC)OC. The number of esters is 1. The Morgan fingerprint density at radius 2 is 1.93 bits per heavy atom. The Morgan fingerprint density at radius 1 is 1.40 bits per heavy atom. The van der Waals surface area contributed by atoms with Crippen LogP contribution in [0.2, 0.25) is 5.54 Å². The molecule has 0 bridgehead atoms. The summed E-state index contributed by atoms with van der Waals surface area (Å²) in [4.78, 5) is 11.5. The normalized spacial score (nSPS) is 14.3. The van der Waals surface area contributed by atoms with Crippen LogP contribution in [0.4, 0.5) is 0 Å². The zero-order valence-corrected chi connectivity index (χ0v) is 12.1. The van der Waals surface area contributed by atoms with Gasteiger partial charge in [-0.05, 0) is 12.5 Å². The lowest BCUT2D eigenvalue weighted by molar-refractivity contribution is -0.252. The van der Waals surface area contributed by atoms with E-state index < -0.39 is 12.4 Å². The molecule has 0 aromatic carbocycles.